The molecule has 0 fully saturated rings. The van der Waals surface area contributed by atoms with Crippen molar-refractivity contribution in [1.82, 2.24) is 4.90 Å². The number of carbonyl (C=O) groups excluding carboxylic acids is 2. The third-order valence-electron chi connectivity index (χ3n) is 5.37. The van der Waals surface area contributed by atoms with Crippen LogP contribution in [0.1, 0.15) is 29.0 Å². The molecule has 0 aliphatic carbocycles. The van der Waals surface area contributed by atoms with Crippen molar-refractivity contribution in [3.63, 3.8) is 0 Å². The number of amides is 2. The first-order valence-corrected chi connectivity index (χ1v) is 8.99. The first-order chi connectivity index (χ1) is 12.7. The van der Waals surface area contributed by atoms with Crippen LogP contribution in [0.15, 0.2) is 42.5 Å². The summed E-state index contributed by atoms with van der Waals surface area (Å²) in [6, 6.07) is 13.7. The van der Waals surface area contributed by atoms with Crippen molar-refractivity contribution in [2.24, 2.45) is 0 Å². The molecule has 0 aromatic heterocycles. The molecule has 2 amide bonds. The van der Waals surface area contributed by atoms with Gasteiger partial charge in [-0.2, -0.15) is 0 Å². The van der Waals surface area contributed by atoms with Gasteiger partial charge in [-0.1, -0.05) is 30.3 Å². The van der Waals surface area contributed by atoms with E-state index in [1.807, 2.05) is 41.3 Å². The number of nitrogens with one attached hydrogen (secondary N) is 1. The normalized spacial score (nSPS) is 18.6. The molecular formula is C21H22N2O3. The third-order valence-corrected chi connectivity index (χ3v) is 5.37. The highest BCUT2D eigenvalue weighted by atomic mass is 16.5. The van der Waals surface area contributed by atoms with E-state index in [0.717, 1.165) is 29.8 Å². The molecule has 0 saturated heterocycles. The van der Waals surface area contributed by atoms with Crippen LogP contribution in [-0.2, 0) is 22.4 Å². The second kappa shape index (κ2) is 6.83. The number of para-hydroxylation sites is 1. The number of hydrogen-bond donors (Lipinski definition) is 1. The fourth-order valence-electron chi connectivity index (χ4n) is 3.97. The van der Waals surface area contributed by atoms with Crippen LogP contribution in [0.25, 0.3) is 0 Å². The lowest BCUT2D eigenvalue weighted by atomic mass is 9.96. The Hall–Kier alpha value is -2.82. The van der Waals surface area contributed by atoms with Gasteiger partial charge in [-0.3, -0.25) is 9.59 Å². The summed E-state index contributed by atoms with van der Waals surface area (Å²) < 4.78 is 5.47. The molecule has 26 heavy (non-hydrogen) atoms. The predicted molar refractivity (Wildman–Crippen MR) is 99.4 cm³/mol. The number of carbonyl (C=O) groups is 2. The third kappa shape index (κ3) is 2.94. The SMILES string of the molecule is COc1cccc2c1CCN(C(=O)CC1C(=O)Nc3ccccc31)CC2. The minimum absolute atomic E-state index is 0.0358. The zero-order valence-corrected chi connectivity index (χ0v) is 14.8. The maximum Gasteiger partial charge on any atom is 0.232 e. The minimum Gasteiger partial charge on any atom is -0.496 e. The van der Waals surface area contributed by atoms with Crippen LogP contribution in [0, 0.1) is 0 Å². The highest BCUT2D eigenvalue weighted by molar-refractivity contribution is 6.04. The van der Waals surface area contributed by atoms with E-state index in [9.17, 15) is 9.59 Å². The van der Waals surface area contributed by atoms with Crippen molar-refractivity contribution in [2.75, 3.05) is 25.5 Å². The number of ether oxygens (including phenoxy) is 1. The molecule has 2 aliphatic rings. The summed E-state index contributed by atoms with van der Waals surface area (Å²) in [6.07, 6.45) is 1.81. The zero-order chi connectivity index (χ0) is 18.1. The van der Waals surface area contributed by atoms with E-state index in [2.05, 4.69) is 11.4 Å². The van der Waals surface area contributed by atoms with Crippen LogP contribution < -0.4 is 10.1 Å². The Morgan fingerprint density at radius 1 is 1.15 bits per heavy atom. The Kier molecular flexibility index (Phi) is 4.37. The average Bonchev–Trinajstić information content (AvgIpc) is 2.83. The summed E-state index contributed by atoms with van der Waals surface area (Å²) in [4.78, 5) is 27.0. The number of methoxy groups -OCH3 is 1. The quantitative estimate of drug-likeness (QED) is 0.926. The summed E-state index contributed by atoms with van der Waals surface area (Å²) in [5.74, 6) is 0.452. The molecule has 1 atom stereocenters. The molecule has 134 valence electrons. The summed E-state index contributed by atoms with van der Waals surface area (Å²) in [5.41, 5.74) is 4.17. The van der Waals surface area contributed by atoms with Gasteiger partial charge in [-0.25, -0.2) is 0 Å². The number of rotatable bonds is 3. The van der Waals surface area contributed by atoms with Crippen molar-refractivity contribution < 1.29 is 14.3 Å². The molecule has 2 heterocycles. The molecule has 0 saturated carbocycles. The topological polar surface area (TPSA) is 58.6 Å². The number of fused-ring (bicyclic) bond motifs is 2. The Labute approximate surface area is 153 Å². The van der Waals surface area contributed by atoms with E-state index in [1.54, 1.807) is 7.11 Å². The molecular weight excluding hydrogens is 328 g/mol. The van der Waals surface area contributed by atoms with Crippen molar-refractivity contribution in [1.29, 1.82) is 0 Å². The van der Waals surface area contributed by atoms with Gasteiger partial charge in [0.05, 0.1) is 13.0 Å². The fraction of sp³-hybridized carbons (Fsp3) is 0.333. The van der Waals surface area contributed by atoms with E-state index in [1.165, 1.54) is 11.1 Å². The Morgan fingerprint density at radius 3 is 2.81 bits per heavy atom. The van der Waals surface area contributed by atoms with E-state index in [-0.39, 0.29) is 24.2 Å². The highest BCUT2D eigenvalue weighted by Crippen LogP contribution is 2.35. The van der Waals surface area contributed by atoms with Gasteiger partial charge in [0.2, 0.25) is 11.8 Å². The number of nitrogens with zero attached hydrogens (tertiary/aromatic N) is 1. The monoisotopic (exact) mass is 350 g/mol. The lowest BCUT2D eigenvalue weighted by Crippen LogP contribution is -2.35. The zero-order valence-electron chi connectivity index (χ0n) is 14.8. The number of benzene rings is 2. The molecule has 2 aliphatic heterocycles. The lowest BCUT2D eigenvalue weighted by molar-refractivity contribution is -0.133. The molecule has 0 bridgehead atoms. The maximum atomic E-state index is 12.9. The molecule has 2 aromatic carbocycles. The molecule has 2 aromatic rings. The van der Waals surface area contributed by atoms with Gasteiger partial charge in [0.15, 0.2) is 0 Å². The molecule has 4 rings (SSSR count). The molecule has 1 N–H and O–H groups in total. The Bertz CT molecular complexity index is 862. The average molecular weight is 350 g/mol. The Morgan fingerprint density at radius 2 is 1.96 bits per heavy atom. The number of anilines is 1. The van der Waals surface area contributed by atoms with Crippen molar-refractivity contribution in [2.45, 2.75) is 25.2 Å². The summed E-state index contributed by atoms with van der Waals surface area (Å²) in [7, 11) is 1.68. The predicted octanol–water partition coefficient (Wildman–Crippen LogP) is 2.75. The van der Waals surface area contributed by atoms with Crippen LogP contribution in [0.4, 0.5) is 5.69 Å². The Balaban J connectivity index is 1.48. The van der Waals surface area contributed by atoms with Gasteiger partial charge in [0.1, 0.15) is 5.75 Å². The van der Waals surface area contributed by atoms with Gasteiger partial charge in [-0.05, 0) is 41.7 Å². The van der Waals surface area contributed by atoms with E-state index in [4.69, 9.17) is 4.74 Å². The van der Waals surface area contributed by atoms with Crippen molar-refractivity contribution >= 4 is 17.5 Å². The van der Waals surface area contributed by atoms with E-state index in [0.29, 0.717) is 13.1 Å². The summed E-state index contributed by atoms with van der Waals surface area (Å²) in [5, 5.41) is 2.87. The molecule has 5 nitrogen and oxygen atoms in total. The standard InChI is InChI=1S/C21H22N2O3/c1-26-19-8-4-5-14-9-11-23(12-10-15(14)19)20(24)13-17-16-6-2-3-7-18(16)22-21(17)25/h2-8,17H,9-13H2,1H3,(H,22,25). The number of hydrogen-bond acceptors (Lipinski definition) is 3. The highest BCUT2D eigenvalue weighted by Gasteiger charge is 2.33. The second-order valence-electron chi connectivity index (χ2n) is 6.81. The summed E-state index contributed by atoms with van der Waals surface area (Å²) >= 11 is 0. The van der Waals surface area contributed by atoms with E-state index < -0.39 is 0 Å². The van der Waals surface area contributed by atoms with Gasteiger partial charge >= 0.3 is 0 Å². The van der Waals surface area contributed by atoms with Crippen LogP contribution >= 0.6 is 0 Å². The lowest BCUT2D eigenvalue weighted by Gasteiger charge is -2.21. The first-order valence-electron chi connectivity index (χ1n) is 8.99. The van der Waals surface area contributed by atoms with Gasteiger partial charge in [-0.15, -0.1) is 0 Å². The summed E-state index contributed by atoms with van der Waals surface area (Å²) in [6.45, 7) is 1.33. The second-order valence-corrected chi connectivity index (χ2v) is 6.81. The smallest absolute Gasteiger partial charge is 0.232 e. The molecule has 5 heteroatoms. The van der Waals surface area contributed by atoms with Crippen LogP contribution in [0.2, 0.25) is 0 Å². The van der Waals surface area contributed by atoms with Crippen LogP contribution in [-0.4, -0.2) is 36.9 Å². The fourth-order valence-corrected chi connectivity index (χ4v) is 3.97. The molecule has 0 spiro atoms. The van der Waals surface area contributed by atoms with E-state index >= 15 is 0 Å². The maximum absolute atomic E-state index is 12.9. The van der Waals surface area contributed by atoms with Crippen molar-refractivity contribution in [3.8, 4) is 5.75 Å². The molecule has 1 unspecified atom stereocenters. The van der Waals surface area contributed by atoms with Gasteiger partial charge in [0, 0.05) is 25.2 Å². The first kappa shape index (κ1) is 16.6. The van der Waals surface area contributed by atoms with Crippen molar-refractivity contribution in [3.05, 3.63) is 59.2 Å². The molecule has 0 radical (unpaired) electrons. The van der Waals surface area contributed by atoms with Crippen LogP contribution in [0.5, 0.6) is 5.75 Å². The van der Waals surface area contributed by atoms with Gasteiger partial charge < -0.3 is 15.0 Å². The van der Waals surface area contributed by atoms with Gasteiger partial charge in [0.25, 0.3) is 0 Å². The van der Waals surface area contributed by atoms with Crippen LogP contribution in [0.3, 0.4) is 0 Å². The minimum atomic E-state index is -0.390. The largest absolute Gasteiger partial charge is 0.496 e.